The second kappa shape index (κ2) is 3.63. The molecule has 0 fully saturated rings. The number of aromatic nitrogens is 2. The SMILES string of the molecule is Cc1cccc(-c2cn3ccc(N)cc3n2)c1. The number of nitrogens with two attached hydrogens (primary N) is 1. The Balaban J connectivity index is 2.18. The Hall–Kier alpha value is -2.29. The summed E-state index contributed by atoms with van der Waals surface area (Å²) in [6.07, 6.45) is 3.94. The zero-order valence-electron chi connectivity index (χ0n) is 9.59. The molecule has 3 heteroatoms. The molecule has 0 atom stereocenters. The second-order valence-corrected chi connectivity index (χ2v) is 4.22. The summed E-state index contributed by atoms with van der Waals surface area (Å²) in [5.74, 6) is 0. The predicted molar refractivity (Wildman–Crippen MR) is 69.8 cm³/mol. The number of nitrogens with zero attached hydrogens (tertiary/aromatic N) is 2. The van der Waals surface area contributed by atoms with Crippen molar-refractivity contribution in [3.63, 3.8) is 0 Å². The molecule has 17 heavy (non-hydrogen) atoms. The van der Waals surface area contributed by atoms with E-state index in [-0.39, 0.29) is 0 Å². The van der Waals surface area contributed by atoms with Gasteiger partial charge in [-0.25, -0.2) is 4.98 Å². The maximum absolute atomic E-state index is 5.74. The lowest BCUT2D eigenvalue weighted by Crippen LogP contribution is -1.87. The van der Waals surface area contributed by atoms with E-state index in [1.54, 1.807) is 0 Å². The standard InChI is InChI=1S/C14H13N3/c1-10-3-2-4-11(7-10)13-9-17-6-5-12(15)8-14(17)16-13/h2-9H,15H2,1H3. The lowest BCUT2D eigenvalue weighted by molar-refractivity contribution is 1.19. The minimum Gasteiger partial charge on any atom is -0.399 e. The van der Waals surface area contributed by atoms with E-state index in [1.165, 1.54) is 5.56 Å². The van der Waals surface area contributed by atoms with Gasteiger partial charge in [0.2, 0.25) is 0 Å². The summed E-state index contributed by atoms with van der Waals surface area (Å²) in [5.41, 5.74) is 10.7. The first-order valence-electron chi connectivity index (χ1n) is 5.54. The summed E-state index contributed by atoms with van der Waals surface area (Å²) in [6.45, 7) is 2.08. The van der Waals surface area contributed by atoms with E-state index < -0.39 is 0 Å². The molecule has 1 aromatic carbocycles. The number of hydrogen-bond acceptors (Lipinski definition) is 2. The summed E-state index contributed by atoms with van der Waals surface area (Å²) in [4.78, 5) is 4.57. The molecule has 0 aliphatic heterocycles. The molecule has 0 saturated carbocycles. The number of fused-ring (bicyclic) bond motifs is 1. The number of pyridine rings is 1. The van der Waals surface area contributed by atoms with Crippen molar-refractivity contribution in [1.82, 2.24) is 9.38 Å². The molecular weight excluding hydrogens is 210 g/mol. The zero-order chi connectivity index (χ0) is 11.8. The smallest absolute Gasteiger partial charge is 0.139 e. The Kier molecular flexibility index (Phi) is 2.11. The van der Waals surface area contributed by atoms with Crippen molar-refractivity contribution >= 4 is 11.3 Å². The number of aryl methyl sites for hydroxylation is 1. The Morgan fingerprint density at radius 3 is 2.88 bits per heavy atom. The average Bonchev–Trinajstić information content (AvgIpc) is 2.72. The van der Waals surface area contributed by atoms with E-state index >= 15 is 0 Å². The molecule has 0 spiro atoms. The van der Waals surface area contributed by atoms with Crippen molar-refractivity contribution < 1.29 is 0 Å². The second-order valence-electron chi connectivity index (χ2n) is 4.22. The molecule has 3 rings (SSSR count). The van der Waals surface area contributed by atoms with Gasteiger partial charge in [-0.2, -0.15) is 0 Å². The first kappa shape index (κ1) is 9.90. The van der Waals surface area contributed by atoms with Gasteiger partial charge in [-0.1, -0.05) is 23.8 Å². The van der Waals surface area contributed by atoms with Crippen LogP contribution in [0.25, 0.3) is 16.9 Å². The van der Waals surface area contributed by atoms with Crippen LogP contribution in [0.1, 0.15) is 5.56 Å². The van der Waals surface area contributed by atoms with Crippen molar-refractivity contribution in [1.29, 1.82) is 0 Å². The largest absolute Gasteiger partial charge is 0.399 e. The number of benzene rings is 1. The lowest BCUT2D eigenvalue weighted by Gasteiger charge is -1.96. The van der Waals surface area contributed by atoms with Crippen LogP contribution in [0.2, 0.25) is 0 Å². The fourth-order valence-corrected chi connectivity index (χ4v) is 1.94. The van der Waals surface area contributed by atoms with Crippen molar-refractivity contribution in [2.75, 3.05) is 5.73 Å². The van der Waals surface area contributed by atoms with E-state index in [1.807, 2.05) is 35.0 Å². The third-order valence-corrected chi connectivity index (χ3v) is 2.80. The summed E-state index contributed by atoms with van der Waals surface area (Å²) in [6, 6.07) is 12.1. The van der Waals surface area contributed by atoms with Crippen LogP contribution in [0.5, 0.6) is 0 Å². The third-order valence-electron chi connectivity index (χ3n) is 2.80. The van der Waals surface area contributed by atoms with Gasteiger partial charge >= 0.3 is 0 Å². The van der Waals surface area contributed by atoms with E-state index in [4.69, 9.17) is 5.73 Å². The van der Waals surface area contributed by atoms with E-state index in [0.29, 0.717) is 0 Å². The first-order chi connectivity index (χ1) is 8.22. The van der Waals surface area contributed by atoms with Crippen molar-refractivity contribution in [2.24, 2.45) is 0 Å². The molecule has 0 bridgehead atoms. The molecule has 2 aromatic heterocycles. The van der Waals surface area contributed by atoms with Crippen LogP contribution in [0.4, 0.5) is 5.69 Å². The highest BCUT2D eigenvalue weighted by molar-refractivity contribution is 5.64. The molecule has 84 valence electrons. The van der Waals surface area contributed by atoms with Gasteiger partial charge in [0.25, 0.3) is 0 Å². The van der Waals surface area contributed by atoms with Gasteiger partial charge in [0, 0.05) is 29.7 Å². The summed E-state index contributed by atoms with van der Waals surface area (Å²) in [5, 5.41) is 0. The van der Waals surface area contributed by atoms with Crippen LogP contribution in [-0.2, 0) is 0 Å². The van der Waals surface area contributed by atoms with Crippen molar-refractivity contribution in [3.05, 3.63) is 54.4 Å². The summed E-state index contributed by atoms with van der Waals surface area (Å²) in [7, 11) is 0. The van der Waals surface area contributed by atoms with Crippen LogP contribution >= 0.6 is 0 Å². The van der Waals surface area contributed by atoms with Gasteiger partial charge in [0.1, 0.15) is 5.65 Å². The fourth-order valence-electron chi connectivity index (χ4n) is 1.94. The molecular formula is C14H13N3. The van der Waals surface area contributed by atoms with E-state index in [9.17, 15) is 0 Å². The van der Waals surface area contributed by atoms with Crippen LogP contribution in [0.3, 0.4) is 0 Å². The minimum atomic E-state index is 0.735. The van der Waals surface area contributed by atoms with Gasteiger partial charge in [-0.05, 0) is 19.1 Å². The van der Waals surface area contributed by atoms with Crippen LogP contribution in [0, 0.1) is 6.92 Å². The average molecular weight is 223 g/mol. The molecule has 0 radical (unpaired) electrons. The van der Waals surface area contributed by atoms with Crippen LogP contribution in [0.15, 0.2) is 48.8 Å². The van der Waals surface area contributed by atoms with Gasteiger partial charge in [0.05, 0.1) is 5.69 Å². The molecule has 0 saturated heterocycles. The van der Waals surface area contributed by atoms with E-state index in [0.717, 1.165) is 22.6 Å². The number of anilines is 1. The highest BCUT2D eigenvalue weighted by Gasteiger charge is 2.04. The number of nitrogen functional groups attached to an aromatic ring is 1. The summed E-state index contributed by atoms with van der Waals surface area (Å²) < 4.78 is 1.98. The quantitative estimate of drug-likeness (QED) is 0.689. The van der Waals surface area contributed by atoms with Crippen molar-refractivity contribution in [2.45, 2.75) is 6.92 Å². The molecule has 0 aliphatic rings. The number of hydrogen-bond donors (Lipinski definition) is 1. The Bertz CT molecular complexity index is 683. The topological polar surface area (TPSA) is 43.3 Å². The van der Waals surface area contributed by atoms with Crippen molar-refractivity contribution in [3.8, 4) is 11.3 Å². The molecule has 2 N–H and O–H groups in total. The minimum absolute atomic E-state index is 0.735. The zero-order valence-corrected chi connectivity index (χ0v) is 9.59. The molecule has 0 unspecified atom stereocenters. The van der Waals surface area contributed by atoms with E-state index in [2.05, 4.69) is 30.1 Å². The molecule has 0 aliphatic carbocycles. The fraction of sp³-hybridized carbons (Fsp3) is 0.0714. The Morgan fingerprint density at radius 1 is 1.18 bits per heavy atom. The van der Waals surface area contributed by atoms with Crippen LogP contribution in [-0.4, -0.2) is 9.38 Å². The maximum Gasteiger partial charge on any atom is 0.139 e. The van der Waals surface area contributed by atoms with Gasteiger partial charge < -0.3 is 10.1 Å². The van der Waals surface area contributed by atoms with Gasteiger partial charge in [0.15, 0.2) is 0 Å². The summed E-state index contributed by atoms with van der Waals surface area (Å²) >= 11 is 0. The Morgan fingerprint density at radius 2 is 2.06 bits per heavy atom. The normalized spacial score (nSPS) is 10.9. The van der Waals surface area contributed by atoms with Crippen LogP contribution < -0.4 is 5.73 Å². The molecule has 0 amide bonds. The van der Waals surface area contributed by atoms with Gasteiger partial charge in [-0.3, -0.25) is 0 Å². The number of rotatable bonds is 1. The first-order valence-corrected chi connectivity index (χ1v) is 5.54. The monoisotopic (exact) mass is 223 g/mol. The predicted octanol–water partition coefficient (Wildman–Crippen LogP) is 2.89. The highest BCUT2D eigenvalue weighted by Crippen LogP contribution is 2.20. The maximum atomic E-state index is 5.74. The lowest BCUT2D eigenvalue weighted by atomic mass is 10.1. The molecule has 2 heterocycles. The third kappa shape index (κ3) is 1.76. The van der Waals surface area contributed by atoms with Gasteiger partial charge in [-0.15, -0.1) is 0 Å². The number of imidazole rings is 1. The molecule has 3 nitrogen and oxygen atoms in total. The Labute approximate surface area is 99.5 Å². The molecule has 3 aromatic rings. The highest BCUT2D eigenvalue weighted by atomic mass is 15.0.